The van der Waals surface area contributed by atoms with Gasteiger partial charge in [0.15, 0.2) is 0 Å². The molecule has 0 saturated carbocycles. The van der Waals surface area contributed by atoms with Crippen molar-refractivity contribution in [2.75, 3.05) is 32.9 Å². The van der Waals surface area contributed by atoms with Crippen molar-refractivity contribution >= 4 is 23.8 Å². The van der Waals surface area contributed by atoms with Crippen LogP contribution in [0.2, 0.25) is 0 Å². The third kappa shape index (κ3) is 7.39. The Morgan fingerprint density at radius 3 is 2.54 bits per heavy atom. The van der Waals surface area contributed by atoms with Crippen LogP contribution in [0.25, 0.3) is 0 Å². The standard InChI is InChI=1S/C26H45N3O7S/c1-6-7-16-8-13-29(26(34)35-17-9-11-28(4)12-10-17)18(14-16)24(33)27-19(15(2)3)23-21(31)20(30)22(32)25(36-23)37-5/h9,15-16,18-23,25,30-32H,6-8,10-14H2,1-5H3,(H,27,33). The average molecular weight is 544 g/mol. The molecule has 2 amide bonds. The largest absolute Gasteiger partial charge is 0.415 e. The lowest BCUT2D eigenvalue weighted by molar-refractivity contribution is -0.208. The minimum absolute atomic E-state index is 0.145. The summed E-state index contributed by atoms with van der Waals surface area (Å²) in [5.41, 5.74) is -0.737. The molecule has 2 fully saturated rings. The van der Waals surface area contributed by atoms with Crippen LogP contribution in [0.15, 0.2) is 11.8 Å². The van der Waals surface area contributed by atoms with Crippen LogP contribution in [0.1, 0.15) is 52.9 Å². The number of rotatable bonds is 8. The van der Waals surface area contributed by atoms with E-state index in [1.165, 1.54) is 16.7 Å². The van der Waals surface area contributed by atoms with Gasteiger partial charge < -0.3 is 35.0 Å². The lowest BCUT2D eigenvalue weighted by Crippen LogP contribution is -2.65. The molecule has 0 aromatic rings. The van der Waals surface area contributed by atoms with Crippen LogP contribution in [-0.2, 0) is 14.3 Å². The number of likely N-dealkylation sites (tertiary alicyclic amines) is 1. The van der Waals surface area contributed by atoms with Crippen LogP contribution in [0.3, 0.4) is 0 Å². The second-order valence-electron chi connectivity index (χ2n) is 10.9. The van der Waals surface area contributed by atoms with Crippen LogP contribution in [0.4, 0.5) is 4.79 Å². The Morgan fingerprint density at radius 1 is 1.22 bits per heavy atom. The predicted molar refractivity (Wildman–Crippen MR) is 142 cm³/mol. The first-order valence-electron chi connectivity index (χ1n) is 13.5. The lowest BCUT2D eigenvalue weighted by Gasteiger charge is -2.45. The van der Waals surface area contributed by atoms with Crippen LogP contribution in [0, 0.1) is 11.8 Å². The van der Waals surface area contributed by atoms with E-state index in [1.807, 2.05) is 27.0 Å². The Morgan fingerprint density at radius 2 is 1.95 bits per heavy atom. The van der Waals surface area contributed by atoms with E-state index in [9.17, 15) is 24.9 Å². The zero-order chi connectivity index (χ0) is 27.3. The molecule has 0 aromatic carbocycles. The van der Waals surface area contributed by atoms with Crippen molar-refractivity contribution in [1.82, 2.24) is 15.1 Å². The molecule has 0 aliphatic carbocycles. The predicted octanol–water partition coefficient (Wildman–Crippen LogP) is 1.53. The van der Waals surface area contributed by atoms with Crippen molar-refractivity contribution in [3.8, 4) is 0 Å². The van der Waals surface area contributed by atoms with Gasteiger partial charge in [-0.2, -0.15) is 0 Å². The maximum absolute atomic E-state index is 13.7. The Kier molecular flexibility index (Phi) is 11.1. The van der Waals surface area contributed by atoms with E-state index in [2.05, 4.69) is 17.1 Å². The fraction of sp³-hybridized carbons (Fsp3) is 0.846. The number of carbonyl (C=O) groups is 2. The molecule has 3 heterocycles. The SMILES string of the molecule is CCCC1CCN(C(=O)OC2=CCN(C)CC2)C(C(=O)NC(C(C)C)C2OC(SC)C(O)C(O)C2O)C1. The number of nitrogens with zero attached hydrogens (tertiary/aromatic N) is 2. The maximum atomic E-state index is 13.7. The fourth-order valence-corrected chi connectivity index (χ4v) is 6.12. The van der Waals surface area contributed by atoms with Gasteiger partial charge in [0, 0.05) is 26.1 Å². The number of carbonyl (C=O) groups excluding carboxylic acids is 2. The van der Waals surface area contributed by atoms with Crippen LogP contribution < -0.4 is 5.32 Å². The maximum Gasteiger partial charge on any atom is 0.415 e. The van der Waals surface area contributed by atoms with Gasteiger partial charge >= 0.3 is 6.09 Å². The summed E-state index contributed by atoms with van der Waals surface area (Å²) in [6, 6.07) is -1.35. The van der Waals surface area contributed by atoms with E-state index in [4.69, 9.17) is 9.47 Å². The van der Waals surface area contributed by atoms with E-state index >= 15 is 0 Å². The Hall–Kier alpha value is -1.37. The third-order valence-corrected chi connectivity index (χ3v) is 8.61. The molecule has 8 atom stereocenters. The summed E-state index contributed by atoms with van der Waals surface area (Å²) < 4.78 is 11.7. The topological polar surface area (TPSA) is 132 Å². The Bertz CT molecular complexity index is 811. The molecule has 3 aliphatic rings. The van der Waals surface area contributed by atoms with Gasteiger partial charge in [-0.25, -0.2) is 4.79 Å². The molecule has 37 heavy (non-hydrogen) atoms. The van der Waals surface area contributed by atoms with Gasteiger partial charge in [0.2, 0.25) is 5.91 Å². The summed E-state index contributed by atoms with van der Waals surface area (Å²) in [6.45, 7) is 7.85. The number of ether oxygens (including phenoxy) is 2. The number of hydrogen-bond acceptors (Lipinski definition) is 9. The van der Waals surface area contributed by atoms with E-state index < -0.39 is 48.0 Å². The molecule has 0 aromatic heterocycles. The summed E-state index contributed by atoms with van der Waals surface area (Å²) in [5, 5.41) is 34.4. The zero-order valence-electron chi connectivity index (χ0n) is 22.7. The number of hydrogen-bond donors (Lipinski definition) is 4. The number of amides is 2. The van der Waals surface area contributed by atoms with Crippen molar-refractivity contribution in [3.05, 3.63) is 11.8 Å². The van der Waals surface area contributed by atoms with Crippen molar-refractivity contribution in [2.45, 2.75) is 94.8 Å². The second kappa shape index (κ2) is 13.6. The number of aliphatic hydroxyl groups is 3. The third-order valence-electron chi connectivity index (χ3n) is 7.75. The van der Waals surface area contributed by atoms with Gasteiger partial charge in [0.25, 0.3) is 0 Å². The molecule has 4 N–H and O–H groups in total. The van der Waals surface area contributed by atoms with Crippen LogP contribution in [0.5, 0.6) is 0 Å². The monoisotopic (exact) mass is 543 g/mol. The van der Waals surface area contributed by atoms with Gasteiger partial charge in [-0.15, -0.1) is 11.8 Å². The average Bonchev–Trinajstić information content (AvgIpc) is 2.87. The Balaban J connectivity index is 1.77. The second-order valence-corrected chi connectivity index (χ2v) is 11.8. The summed E-state index contributed by atoms with van der Waals surface area (Å²) >= 11 is 1.23. The first-order valence-corrected chi connectivity index (χ1v) is 14.7. The first-order chi connectivity index (χ1) is 17.6. The summed E-state index contributed by atoms with van der Waals surface area (Å²) in [5.74, 6) is 0.478. The van der Waals surface area contributed by atoms with E-state index in [-0.39, 0.29) is 11.8 Å². The number of aliphatic hydroxyl groups excluding tert-OH is 3. The van der Waals surface area contributed by atoms with Crippen LogP contribution in [-0.4, -0.2) is 112 Å². The fourth-order valence-electron chi connectivity index (χ4n) is 5.45. The summed E-state index contributed by atoms with van der Waals surface area (Å²) in [4.78, 5) is 30.6. The molecule has 10 nitrogen and oxygen atoms in total. The van der Waals surface area contributed by atoms with Gasteiger partial charge in [-0.1, -0.05) is 33.6 Å². The highest BCUT2D eigenvalue weighted by molar-refractivity contribution is 7.99. The summed E-state index contributed by atoms with van der Waals surface area (Å²) in [7, 11) is 2.01. The molecule has 3 rings (SSSR count). The number of thioether (sulfide) groups is 1. The molecule has 0 radical (unpaired) electrons. The van der Waals surface area contributed by atoms with E-state index in [0.29, 0.717) is 37.6 Å². The van der Waals surface area contributed by atoms with Gasteiger partial charge in [-0.05, 0) is 44.1 Å². The molecule has 3 aliphatic heterocycles. The quantitative estimate of drug-likeness (QED) is 0.360. The van der Waals surface area contributed by atoms with E-state index in [0.717, 1.165) is 25.8 Å². The van der Waals surface area contributed by atoms with Crippen molar-refractivity contribution in [3.63, 3.8) is 0 Å². The normalized spacial score (nSPS) is 34.1. The molecule has 212 valence electrons. The molecule has 8 unspecified atom stereocenters. The highest BCUT2D eigenvalue weighted by atomic mass is 32.2. The highest BCUT2D eigenvalue weighted by Gasteiger charge is 2.48. The first kappa shape index (κ1) is 30.2. The van der Waals surface area contributed by atoms with Crippen LogP contribution >= 0.6 is 11.8 Å². The minimum Gasteiger partial charge on any atom is -0.415 e. The smallest absolute Gasteiger partial charge is 0.415 e. The molecule has 2 saturated heterocycles. The number of likely N-dealkylation sites (N-methyl/N-ethyl adjacent to an activating group) is 1. The van der Waals surface area contributed by atoms with Crippen molar-refractivity contribution < 1.29 is 34.4 Å². The molecular formula is C26H45N3O7S. The van der Waals surface area contributed by atoms with Gasteiger partial charge in [0.05, 0.1) is 6.04 Å². The van der Waals surface area contributed by atoms with Crippen molar-refractivity contribution in [2.24, 2.45) is 11.8 Å². The highest BCUT2D eigenvalue weighted by Crippen LogP contribution is 2.32. The number of nitrogens with one attached hydrogen (secondary N) is 1. The molecule has 0 bridgehead atoms. The van der Waals surface area contributed by atoms with Gasteiger partial charge in [-0.3, -0.25) is 9.69 Å². The van der Waals surface area contributed by atoms with Crippen molar-refractivity contribution in [1.29, 1.82) is 0 Å². The summed E-state index contributed by atoms with van der Waals surface area (Å²) in [6.07, 6.45) is 2.17. The Labute approximate surface area is 224 Å². The molecule has 0 spiro atoms. The zero-order valence-corrected chi connectivity index (χ0v) is 23.5. The number of piperidine rings is 1. The van der Waals surface area contributed by atoms with Gasteiger partial charge in [0.1, 0.15) is 41.7 Å². The molecular weight excluding hydrogens is 498 g/mol. The molecule has 11 heteroatoms. The van der Waals surface area contributed by atoms with E-state index in [1.54, 1.807) is 6.26 Å². The lowest BCUT2D eigenvalue weighted by atomic mass is 9.86. The minimum atomic E-state index is -1.40.